The van der Waals surface area contributed by atoms with Crippen LogP contribution in [0.25, 0.3) is 0 Å². The van der Waals surface area contributed by atoms with Gasteiger partial charge in [0.2, 0.25) is 5.91 Å². The fraction of sp³-hybridized carbons (Fsp3) is 0.789. The summed E-state index contributed by atoms with van der Waals surface area (Å²) in [5.41, 5.74) is 0.198. The Bertz CT molecular complexity index is 619. The Balaban J connectivity index is 1.86. The van der Waals surface area contributed by atoms with E-state index in [0.29, 0.717) is 18.9 Å². The molecule has 1 unspecified atom stereocenters. The van der Waals surface area contributed by atoms with Gasteiger partial charge in [0, 0.05) is 6.54 Å². The number of ether oxygens (including phenoxy) is 1. The maximum Gasteiger partial charge on any atom is 0.310 e. The van der Waals surface area contributed by atoms with E-state index in [9.17, 15) is 9.59 Å². The number of hydrogen-bond donors (Lipinski definition) is 1. The lowest BCUT2D eigenvalue weighted by atomic mass is 9.95. The van der Waals surface area contributed by atoms with Crippen molar-refractivity contribution in [2.45, 2.75) is 79.0 Å². The number of nitrogens with zero attached hydrogens (tertiary/aromatic N) is 3. The van der Waals surface area contributed by atoms with Crippen LogP contribution in [0.2, 0.25) is 0 Å². The molecular weight excluding hydrogens is 332 g/mol. The van der Waals surface area contributed by atoms with Gasteiger partial charge in [-0.2, -0.15) is 0 Å². The highest BCUT2D eigenvalue weighted by Gasteiger charge is 2.39. The lowest BCUT2D eigenvalue weighted by Crippen LogP contribution is -2.37. The highest BCUT2D eigenvalue weighted by molar-refractivity contribution is 5.86. The van der Waals surface area contributed by atoms with E-state index < -0.39 is 5.60 Å². The predicted molar refractivity (Wildman–Crippen MR) is 98.0 cm³/mol. The van der Waals surface area contributed by atoms with Gasteiger partial charge in [-0.15, -0.1) is 5.10 Å². The van der Waals surface area contributed by atoms with E-state index in [1.807, 2.05) is 27.0 Å². The summed E-state index contributed by atoms with van der Waals surface area (Å²) in [5, 5.41) is 11.1. The molecule has 1 aromatic rings. The van der Waals surface area contributed by atoms with E-state index in [4.69, 9.17) is 4.74 Å². The van der Waals surface area contributed by atoms with Gasteiger partial charge >= 0.3 is 5.97 Å². The van der Waals surface area contributed by atoms with Crippen LogP contribution in [0.4, 0.5) is 0 Å². The molecule has 1 saturated carbocycles. The molecule has 7 nitrogen and oxygen atoms in total. The van der Waals surface area contributed by atoms with E-state index in [-0.39, 0.29) is 23.7 Å². The Morgan fingerprint density at radius 1 is 1.31 bits per heavy atom. The molecule has 146 valence electrons. The zero-order valence-electron chi connectivity index (χ0n) is 16.6. The molecule has 0 radical (unpaired) electrons. The summed E-state index contributed by atoms with van der Waals surface area (Å²) in [7, 11) is 0. The van der Waals surface area contributed by atoms with E-state index in [1.165, 1.54) is 0 Å². The number of amides is 1. The highest BCUT2D eigenvalue weighted by Crippen LogP contribution is 2.34. The van der Waals surface area contributed by atoms with Gasteiger partial charge in [-0.05, 0) is 46.0 Å². The first-order chi connectivity index (χ1) is 12.2. The summed E-state index contributed by atoms with van der Waals surface area (Å²) in [6.07, 6.45) is 5.19. The third-order valence-electron chi connectivity index (χ3n) is 4.53. The molecule has 1 fully saturated rings. The normalized spacial score (nSPS) is 20.4. The number of aromatic nitrogens is 3. The molecule has 0 spiro atoms. The lowest BCUT2D eigenvalue weighted by Gasteiger charge is -2.24. The van der Waals surface area contributed by atoms with Crippen LogP contribution in [0.1, 0.15) is 66.0 Å². The number of carbonyl (C=O) groups is 2. The van der Waals surface area contributed by atoms with Crippen molar-refractivity contribution in [3.63, 3.8) is 0 Å². The number of carbonyl (C=O) groups excluding carboxylic acids is 2. The largest absolute Gasteiger partial charge is 0.460 e. The van der Waals surface area contributed by atoms with Gasteiger partial charge in [-0.3, -0.25) is 14.3 Å². The molecule has 7 heteroatoms. The average molecular weight is 364 g/mol. The summed E-state index contributed by atoms with van der Waals surface area (Å²) in [6, 6.07) is 0. The topological polar surface area (TPSA) is 86.1 Å². The van der Waals surface area contributed by atoms with Crippen LogP contribution in [-0.4, -0.2) is 32.5 Å². The first-order valence-corrected chi connectivity index (χ1v) is 9.55. The lowest BCUT2D eigenvalue weighted by molar-refractivity contribution is -0.162. The molecule has 1 heterocycles. The number of hydrogen-bond acceptors (Lipinski definition) is 5. The summed E-state index contributed by atoms with van der Waals surface area (Å²) in [4.78, 5) is 24.9. The monoisotopic (exact) mass is 364 g/mol. The van der Waals surface area contributed by atoms with Gasteiger partial charge < -0.3 is 10.1 Å². The van der Waals surface area contributed by atoms with Crippen LogP contribution in [0, 0.1) is 17.8 Å². The maximum absolute atomic E-state index is 12.5. The Hall–Kier alpha value is -1.92. The fourth-order valence-electron chi connectivity index (χ4n) is 3.16. The molecule has 0 bridgehead atoms. The molecule has 0 aliphatic heterocycles. The highest BCUT2D eigenvalue weighted by atomic mass is 16.6. The summed E-state index contributed by atoms with van der Waals surface area (Å²) >= 11 is 0. The van der Waals surface area contributed by atoms with Crippen LogP contribution in [-0.2, 0) is 27.4 Å². The summed E-state index contributed by atoms with van der Waals surface area (Å²) in [5.74, 6) is -0.434. The fourth-order valence-corrected chi connectivity index (χ4v) is 3.16. The molecule has 1 aliphatic carbocycles. The minimum atomic E-state index is -0.533. The van der Waals surface area contributed by atoms with Crippen molar-refractivity contribution in [3.8, 4) is 0 Å². The van der Waals surface area contributed by atoms with Crippen molar-refractivity contribution in [2.24, 2.45) is 17.8 Å². The van der Waals surface area contributed by atoms with Gasteiger partial charge in [0.15, 0.2) is 0 Å². The van der Waals surface area contributed by atoms with E-state index in [0.717, 1.165) is 31.5 Å². The summed E-state index contributed by atoms with van der Waals surface area (Å²) in [6.45, 7) is 11.0. The molecule has 1 aromatic heterocycles. The third-order valence-corrected chi connectivity index (χ3v) is 4.53. The maximum atomic E-state index is 12.5. The minimum Gasteiger partial charge on any atom is -0.460 e. The quantitative estimate of drug-likeness (QED) is 0.752. The zero-order valence-corrected chi connectivity index (χ0v) is 16.6. The summed E-state index contributed by atoms with van der Waals surface area (Å²) < 4.78 is 7.28. The van der Waals surface area contributed by atoms with Crippen molar-refractivity contribution in [3.05, 3.63) is 11.9 Å². The van der Waals surface area contributed by atoms with Gasteiger partial charge in [-0.25, -0.2) is 0 Å². The predicted octanol–water partition coefficient (Wildman–Crippen LogP) is 2.70. The van der Waals surface area contributed by atoms with Crippen LogP contribution in [0.3, 0.4) is 0 Å². The van der Waals surface area contributed by atoms with E-state index in [1.54, 1.807) is 4.68 Å². The molecule has 1 aliphatic rings. The molecule has 26 heavy (non-hydrogen) atoms. The minimum absolute atomic E-state index is 0.102. The first-order valence-electron chi connectivity index (χ1n) is 9.55. The van der Waals surface area contributed by atoms with Crippen LogP contribution < -0.4 is 5.32 Å². The standard InChI is InChI=1S/C19H32N4O3/c1-13(2)9-10-23-12-14(21-22-23)11-20-17(24)15-7-6-8-16(15)18(25)26-19(3,4)5/h12-13,15-16H,6-11H2,1-5H3,(H,20,24)/t15-,16?/m1/s1. The van der Waals surface area contributed by atoms with Gasteiger partial charge in [0.05, 0.1) is 24.6 Å². The van der Waals surface area contributed by atoms with Crippen molar-refractivity contribution in [1.29, 1.82) is 0 Å². The first kappa shape index (κ1) is 20.4. The molecule has 0 saturated heterocycles. The zero-order chi connectivity index (χ0) is 19.3. The van der Waals surface area contributed by atoms with Gasteiger partial charge in [-0.1, -0.05) is 25.5 Å². The number of rotatable bonds is 7. The van der Waals surface area contributed by atoms with Gasteiger partial charge in [0.1, 0.15) is 11.3 Å². The smallest absolute Gasteiger partial charge is 0.310 e. The van der Waals surface area contributed by atoms with Crippen molar-refractivity contribution in [1.82, 2.24) is 20.3 Å². The second-order valence-corrected chi connectivity index (χ2v) is 8.55. The second kappa shape index (κ2) is 8.64. The number of nitrogens with one attached hydrogen (secondary N) is 1. The molecule has 2 rings (SSSR count). The Labute approximate surface area is 155 Å². The molecule has 1 amide bonds. The van der Waals surface area contributed by atoms with Crippen LogP contribution >= 0.6 is 0 Å². The van der Waals surface area contributed by atoms with Gasteiger partial charge in [0.25, 0.3) is 0 Å². The Morgan fingerprint density at radius 2 is 2.00 bits per heavy atom. The number of aryl methyl sites for hydroxylation is 1. The molecule has 1 N–H and O–H groups in total. The van der Waals surface area contributed by atoms with Crippen molar-refractivity contribution < 1.29 is 14.3 Å². The molecule has 0 aromatic carbocycles. The second-order valence-electron chi connectivity index (χ2n) is 8.55. The third kappa shape index (κ3) is 6.11. The number of esters is 1. The van der Waals surface area contributed by atoms with E-state index >= 15 is 0 Å². The van der Waals surface area contributed by atoms with Crippen LogP contribution in [0.15, 0.2) is 6.20 Å². The molecular formula is C19H32N4O3. The molecule has 2 atom stereocenters. The van der Waals surface area contributed by atoms with Crippen molar-refractivity contribution in [2.75, 3.05) is 0 Å². The Kier molecular flexibility index (Phi) is 6.78. The Morgan fingerprint density at radius 3 is 2.65 bits per heavy atom. The SMILES string of the molecule is CC(C)CCn1cc(CNC(=O)[C@@H]2CCCC2C(=O)OC(C)(C)C)nn1. The average Bonchev–Trinajstić information content (AvgIpc) is 3.18. The van der Waals surface area contributed by atoms with E-state index in [2.05, 4.69) is 29.5 Å². The van der Waals surface area contributed by atoms with Crippen molar-refractivity contribution >= 4 is 11.9 Å². The van der Waals surface area contributed by atoms with Crippen LogP contribution in [0.5, 0.6) is 0 Å².